The van der Waals surface area contributed by atoms with E-state index in [2.05, 4.69) is 10.2 Å². The van der Waals surface area contributed by atoms with Crippen LogP contribution >= 0.6 is 0 Å². The number of nitrogens with one attached hydrogen (secondary N) is 1. The zero-order valence-corrected chi connectivity index (χ0v) is 13.7. The van der Waals surface area contributed by atoms with Crippen molar-refractivity contribution in [1.82, 2.24) is 15.1 Å². The fourth-order valence-electron chi connectivity index (χ4n) is 3.16. The maximum Gasteiger partial charge on any atom is 0.230 e. The van der Waals surface area contributed by atoms with Gasteiger partial charge in [-0.15, -0.1) is 0 Å². The standard InChI is InChI=1S/C17H23N3O3/c1-12-6-7-13(23-12)11-20(8-9-22-2)17(21)14-4-3-5-16-15(14)10-18-19-16/h6-7,10,14H,3-5,8-9,11H2,1-2H3,(H,18,19)/t14-/m0/s1. The van der Waals surface area contributed by atoms with Crippen molar-refractivity contribution >= 4 is 5.91 Å². The van der Waals surface area contributed by atoms with Crippen LogP contribution in [0.25, 0.3) is 0 Å². The van der Waals surface area contributed by atoms with E-state index < -0.39 is 0 Å². The maximum absolute atomic E-state index is 13.1. The van der Waals surface area contributed by atoms with Crippen molar-refractivity contribution < 1.29 is 13.9 Å². The molecule has 1 amide bonds. The number of aryl methyl sites for hydroxylation is 2. The van der Waals surface area contributed by atoms with E-state index in [9.17, 15) is 4.79 Å². The van der Waals surface area contributed by atoms with Gasteiger partial charge in [0.25, 0.3) is 0 Å². The smallest absolute Gasteiger partial charge is 0.230 e. The van der Waals surface area contributed by atoms with E-state index in [0.717, 1.165) is 42.0 Å². The molecule has 0 saturated heterocycles. The summed E-state index contributed by atoms with van der Waals surface area (Å²) in [6, 6.07) is 3.84. The minimum atomic E-state index is -0.120. The number of nitrogens with zero attached hydrogens (tertiary/aromatic N) is 2. The van der Waals surface area contributed by atoms with Crippen LogP contribution in [-0.2, 0) is 22.5 Å². The first-order valence-corrected chi connectivity index (χ1v) is 8.04. The van der Waals surface area contributed by atoms with Crippen LogP contribution < -0.4 is 0 Å². The fraction of sp³-hybridized carbons (Fsp3) is 0.529. The van der Waals surface area contributed by atoms with Crippen LogP contribution in [0.5, 0.6) is 0 Å². The normalized spacial score (nSPS) is 17.0. The summed E-state index contributed by atoms with van der Waals surface area (Å²) >= 11 is 0. The second-order valence-electron chi connectivity index (χ2n) is 6.01. The Morgan fingerprint density at radius 3 is 3.13 bits per heavy atom. The molecule has 0 saturated carbocycles. The molecule has 2 aromatic heterocycles. The lowest BCUT2D eigenvalue weighted by atomic mass is 9.86. The van der Waals surface area contributed by atoms with Crippen molar-refractivity contribution in [1.29, 1.82) is 0 Å². The molecule has 0 radical (unpaired) electrons. The lowest BCUT2D eigenvalue weighted by molar-refractivity contribution is -0.134. The number of carbonyl (C=O) groups excluding carboxylic acids is 1. The highest BCUT2D eigenvalue weighted by molar-refractivity contribution is 5.84. The Labute approximate surface area is 135 Å². The Balaban J connectivity index is 1.78. The summed E-state index contributed by atoms with van der Waals surface area (Å²) in [5.41, 5.74) is 2.13. The molecule has 23 heavy (non-hydrogen) atoms. The Kier molecular flexibility index (Phi) is 4.81. The van der Waals surface area contributed by atoms with E-state index in [1.165, 1.54) is 0 Å². The van der Waals surface area contributed by atoms with Crippen molar-refractivity contribution in [3.8, 4) is 0 Å². The van der Waals surface area contributed by atoms with Crippen molar-refractivity contribution in [2.45, 2.75) is 38.6 Å². The number of amides is 1. The number of furan rings is 1. The molecule has 6 nitrogen and oxygen atoms in total. The summed E-state index contributed by atoms with van der Waals surface area (Å²) in [4.78, 5) is 14.9. The van der Waals surface area contributed by atoms with E-state index in [0.29, 0.717) is 19.7 Å². The van der Waals surface area contributed by atoms with Crippen LogP contribution in [0.4, 0.5) is 0 Å². The summed E-state index contributed by atoms with van der Waals surface area (Å²) in [5, 5.41) is 7.12. The van der Waals surface area contributed by atoms with Gasteiger partial charge in [0.2, 0.25) is 5.91 Å². The van der Waals surface area contributed by atoms with Crippen molar-refractivity contribution in [2.24, 2.45) is 0 Å². The second-order valence-corrected chi connectivity index (χ2v) is 6.01. The first-order valence-electron chi connectivity index (χ1n) is 8.04. The molecule has 1 atom stereocenters. The molecular weight excluding hydrogens is 294 g/mol. The minimum absolute atomic E-state index is 0.120. The summed E-state index contributed by atoms with van der Waals surface area (Å²) in [6.45, 7) is 3.44. The van der Waals surface area contributed by atoms with Gasteiger partial charge >= 0.3 is 0 Å². The highest BCUT2D eigenvalue weighted by Gasteiger charge is 2.31. The maximum atomic E-state index is 13.1. The molecule has 1 aliphatic rings. The highest BCUT2D eigenvalue weighted by Crippen LogP contribution is 2.32. The SMILES string of the molecule is COCCN(Cc1ccc(C)o1)C(=O)[C@H]1CCCc2[nH]ncc21. The van der Waals surface area contributed by atoms with Gasteiger partial charge < -0.3 is 14.1 Å². The van der Waals surface area contributed by atoms with Crippen LogP contribution in [0.3, 0.4) is 0 Å². The van der Waals surface area contributed by atoms with Crippen LogP contribution in [-0.4, -0.2) is 41.3 Å². The van der Waals surface area contributed by atoms with E-state index in [1.54, 1.807) is 13.3 Å². The Morgan fingerprint density at radius 2 is 2.39 bits per heavy atom. The second kappa shape index (κ2) is 7.00. The molecule has 0 spiro atoms. The van der Waals surface area contributed by atoms with Crippen LogP contribution in [0, 0.1) is 6.92 Å². The van der Waals surface area contributed by atoms with Gasteiger partial charge in [0.15, 0.2) is 0 Å². The average Bonchev–Trinajstić information content (AvgIpc) is 3.19. The summed E-state index contributed by atoms with van der Waals surface area (Å²) in [7, 11) is 1.65. The first-order chi connectivity index (χ1) is 11.2. The Morgan fingerprint density at radius 1 is 1.52 bits per heavy atom. The zero-order chi connectivity index (χ0) is 16.2. The Hall–Kier alpha value is -2.08. The van der Waals surface area contributed by atoms with Gasteiger partial charge in [-0.05, 0) is 38.3 Å². The molecule has 0 unspecified atom stereocenters. The van der Waals surface area contributed by atoms with Crippen LogP contribution in [0.1, 0.15) is 41.5 Å². The van der Waals surface area contributed by atoms with Crippen molar-refractivity contribution in [2.75, 3.05) is 20.3 Å². The van der Waals surface area contributed by atoms with Gasteiger partial charge in [0, 0.05) is 24.9 Å². The molecule has 2 aromatic rings. The molecule has 124 valence electrons. The molecule has 1 N–H and O–H groups in total. The summed E-state index contributed by atoms with van der Waals surface area (Å²) < 4.78 is 10.8. The van der Waals surface area contributed by atoms with Crippen molar-refractivity contribution in [3.05, 3.63) is 41.1 Å². The van der Waals surface area contributed by atoms with Gasteiger partial charge in [0.1, 0.15) is 11.5 Å². The number of methoxy groups -OCH3 is 1. The number of fused-ring (bicyclic) bond motifs is 1. The van der Waals surface area contributed by atoms with E-state index in [1.807, 2.05) is 24.0 Å². The molecule has 1 aliphatic carbocycles. The van der Waals surface area contributed by atoms with E-state index >= 15 is 0 Å². The molecule has 0 aromatic carbocycles. The largest absolute Gasteiger partial charge is 0.464 e. The number of carbonyl (C=O) groups is 1. The molecule has 3 rings (SSSR count). The average molecular weight is 317 g/mol. The highest BCUT2D eigenvalue weighted by atomic mass is 16.5. The van der Waals surface area contributed by atoms with Gasteiger partial charge in [-0.1, -0.05) is 0 Å². The lowest BCUT2D eigenvalue weighted by Gasteiger charge is -2.28. The summed E-state index contributed by atoms with van der Waals surface area (Å²) in [5.74, 6) is 1.66. The monoisotopic (exact) mass is 317 g/mol. The molecule has 0 fully saturated rings. The number of rotatable bonds is 6. The van der Waals surface area contributed by atoms with E-state index in [-0.39, 0.29) is 11.8 Å². The third-order valence-electron chi connectivity index (χ3n) is 4.36. The molecule has 0 aliphatic heterocycles. The van der Waals surface area contributed by atoms with Gasteiger partial charge in [-0.25, -0.2) is 0 Å². The molecule has 6 heteroatoms. The molecule has 0 bridgehead atoms. The lowest BCUT2D eigenvalue weighted by Crippen LogP contribution is -2.37. The predicted molar refractivity (Wildman–Crippen MR) is 85.0 cm³/mol. The predicted octanol–water partition coefficient (Wildman–Crippen LogP) is 2.41. The minimum Gasteiger partial charge on any atom is -0.464 e. The fourth-order valence-corrected chi connectivity index (χ4v) is 3.16. The van der Waals surface area contributed by atoms with Crippen molar-refractivity contribution in [3.63, 3.8) is 0 Å². The van der Waals surface area contributed by atoms with Gasteiger partial charge in [-0.3, -0.25) is 9.89 Å². The number of aromatic amines is 1. The molecular formula is C17H23N3O3. The van der Waals surface area contributed by atoms with Gasteiger partial charge in [-0.2, -0.15) is 5.10 Å². The van der Waals surface area contributed by atoms with Crippen LogP contribution in [0.2, 0.25) is 0 Å². The Bertz CT molecular complexity index is 662. The first kappa shape index (κ1) is 15.8. The topological polar surface area (TPSA) is 71.4 Å². The van der Waals surface area contributed by atoms with E-state index in [4.69, 9.17) is 9.15 Å². The number of ether oxygens (including phenoxy) is 1. The zero-order valence-electron chi connectivity index (χ0n) is 13.7. The van der Waals surface area contributed by atoms with Gasteiger partial charge in [0.05, 0.1) is 25.3 Å². The molecule has 2 heterocycles. The quantitative estimate of drug-likeness (QED) is 0.888. The number of aromatic nitrogens is 2. The number of H-pyrrole nitrogens is 1. The summed E-state index contributed by atoms with van der Waals surface area (Å²) in [6.07, 6.45) is 4.63. The van der Waals surface area contributed by atoms with Crippen LogP contribution in [0.15, 0.2) is 22.7 Å². The number of hydrogen-bond acceptors (Lipinski definition) is 4. The third kappa shape index (κ3) is 3.47. The number of hydrogen-bond donors (Lipinski definition) is 1. The third-order valence-corrected chi connectivity index (χ3v) is 4.36.